The fourth-order valence-corrected chi connectivity index (χ4v) is 1.72. The number of para-hydroxylation sites is 1. The smallest absolute Gasteiger partial charge is 0.131 e. The van der Waals surface area contributed by atoms with Crippen LogP contribution in [0.4, 0.5) is 0 Å². The summed E-state index contributed by atoms with van der Waals surface area (Å²) in [6, 6.07) is 7.67. The Morgan fingerprint density at radius 3 is 2.62 bits per heavy atom. The largest absolute Gasteiger partial charge is 0.487 e. The van der Waals surface area contributed by atoms with Crippen molar-refractivity contribution in [2.75, 3.05) is 0 Å². The molecule has 0 spiro atoms. The van der Waals surface area contributed by atoms with Gasteiger partial charge in [-0.15, -0.1) is 0 Å². The summed E-state index contributed by atoms with van der Waals surface area (Å²) in [6.45, 7) is 4.11. The number of hydrogen-bond donors (Lipinski definition) is 1. The van der Waals surface area contributed by atoms with Crippen molar-refractivity contribution in [3.63, 3.8) is 0 Å². The summed E-state index contributed by atoms with van der Waals surface area (Å²) < 4.78 is 5.63. The molecule has 2 nitrogen and oxygen atoms in total. The van der Waals surface area contributed by atoms with Crippen LogP contribution in [0.2, 0.25) is 0 Å². The third kappa shape index (κ3) is 1.31. The average Bonchev–Trinajstić information content (AvgIpc) is 2.45. The molecule has 1 aromatic rings. The first-order valence-corrected chi connectivity index (χ1v) is 4.64. The lowest BCUT2D eigenvalue weighted by Gasteiger charge is -2.17. The van der Waals surface area contributed by atoms with E-state index >= 15 is 0 Å². The molecular weight excluding hydrogens is 164 g/mol. The molecule has 0 bridgehead atoms. The van der Waals surface area contributed by atoms with E-state index < -0.39 is 6.10 Å². The van der Waals surface area contributed by atoms with Crippen LogP contribution in [-0.2, 0) is 0 Å². The van der Waals surface area contributed by atoms with Crippen LogP contribution >= 0.6 is 0 Å². The molecule has 13 heavy (non-hydrogen) atoms. The molecule has 1 aliphatic rings. The Kier molecular flexibility index (Phi) is 2.00. The Hall–Kier alpha value is -1.02. The molecule has 0 amide bonds. The quantitative estimate of drug-likeness (QED) is 0.714. The van der Waals surface area contributed by atoms with Crippen LogP contribution < -0.4 is 4.74 Å². The molecule has 0 fully saturated rings. The molecule has 0 saturated heterocycles. The van der Waals surface area contributed by atoms with Crippen LogP contribution in [0.1, 0.15) is 25.5 Å². The first kappa shape index (κ1) is 8.57. The van der Waals surface area contributed by atoms with Gasteiger partial charge in [-0.25, -0.2) is 0 Å². The number of fused-ring (bicyclic) bond motifs is 1. The molecular formula is C11H14O2. The van der Waals surface area contributed by atoms with Gasteiger partial charge >= 0.3 is 0 Å². The lowest BCUT2D eigenvalue weighted by atomic mass is 9.99. The fourth-order valence-electron chi connectivity index (χ4n) is 1.72. The second-order valence-electron chi connectivity index (χ2n) is 3.81. The summed E-state index contributed by atoms with van der Waals surface area (Å²) in [6.07, 6.45) is -0.548. The fraction of sp³-hybridized carbons (Fsp3) is 0.455. The molecule has 2 atom stereocenters. The van der Waals surface area contributed by atoms with Gasteiger partial charge < -0.3 is 9.84 Å². The summed E-state index contributed by atoms with van der Waals surface area (Å²) in [4.78, 5) is 0. The summed E-state index contributed by atoms with van der Waals surface area (Å²) in [5.74, 6) is 1.16. The van der Waals surface area contributed by atoms with E-state index in [4.69, 9.17) is 4.74 Å². The Bertz CT molecular complexity index is 307. The van der Waals surface area contributed by atoms with Crippen molar-refractivity contribution in [3.8, 4) is 5.75 Å². The predicted molar refractivity (Wildman–Crippen MR) is 50.7 cm³/mol. The van der Waals surface area contributed by atoms with Crippen LogP contribution in [0.5, 0.6) is 5.75 Å². The molecule has 0 aromatic heterocycles. The first-order chi connectivity index (χ1) is 6.20. The predicted octanol–water partition coefficient (Wildman–Crippen LogP) is 2.14. The van der Waals surface area contributed by atoms with Gasteiger partial charge in [0.25, 0.3) is 0 Å². The summed E-state index contributed by atoms with van der Waals surface area (Å²) >= 11 is 0. The molecule has 1 aliphatic heterocycles. The van der Waals surface area contributed by atoms with Gasteiger partial charge in [0.2, 0.25) is 0 Å². The molecule has 0 saturated carbocycles. The highest BCUT2D eigenvalue weighted by atomic mass is 16.5. The van der Waals surface area contributed by atoms with Gasteiger partial charge in [0.05, 0.1) is 0 Å². The Labute approximate surface area is 78.2 Å². The minimum absolute atomic E-state index is 0.0857. The molecule has 1 N–H and O–H groups in total. The number of aliphatic hydroxyl groups is 1. The van der Waals surface area contributed by atoms with E-state index in [2.05, 4.69) is 13.8 Å². The van der Waals surface area contributed by atoms with E-state index in [-0.39, 0.29) is 6.10 Å². The zero-order chi connectivity index (χ0) is 9.42. The molecule has 0 unspecified atom stereocenters. The summed E-state index contributed by atoms with van der Waals surface area (Å²) in [5, 5.41) is 9.89. The van der Waals surface area contributed by atoms with E-state index in [1.807, 2.05) is 24.3 Å². The third-order valence-corrected chi connectivity index (χ3v) is 2.47. The standard InChI is InChI=1S/C11H14O2/c1-7(2)11-10(12)8-5-3-4-6-9(8)13-11/h3-7,10-12H,1-2H3/t10-,11+/m0/s1. The zero-order valence-electron chi connectivity index (χ0n) is 7.90. The number of rotatable bonds is 1. The highest BCUT2D eigenvalue weighted by Gasteiger charge is 2.34. The van der Waals surface area contributed by atoms with Crippen LogP contribution in [0.15, 0.2) is 24.3 Å². The van der Waals surface area contributed by atoms with Crippen LogP contribution in [0.25, 0.3) is 0 Å². The molecule has 70 valence electrons. The number of ether oxygens (including phenoxy) is 1. The van der Waals surface area contributed by atoms with E-state index in [0.717, 1.165) is 11.3 Å². The summed E-state index contributed by atoms with van der Waals surface area (Å²) in [7, 11) is 0. The highest BCUT2D eigenvalue weighted by Crippen LogP contribution is 2.38. The zero-order valence-corrected chi connectivity index (χ0v) is 7.90. The minimum Gasteiger partial charge on any atom is -0.487 e. The summed E-state index contributed by atoms with van der Waals surface area (Å²) in [5.41, 5.74) is 0.918. The Morgan fingerprint density at radius 1 is 1.31 bits per heavy atom. The van der Waals surface area contributed by atoms with Gasteiger partial charge in [-0.05, 0) is 12.0 Å². The van der Waals surface area contributed by atoms with Crippen molar-refractivity contribution in [2.24, 2.45) is 5.92 Å². The molecule has 1 aromatic carbocycles. The second kappa shape index (κ2) is 3.04. The van der Waals surface area contributed by atoms with Gasteiger partial charge in [0.15, 0.2) is 0 Å². The second-order valence-corrected chi connectivity index (χ2v) is 3.81. The van der Waals surface area contributed by atoms with Crippen LogP contribution in [-0.4, -0.2) is 11.2 Å². The maximum absolute atomic E-state index is 9.89. The number of benzene rings is 1. The molecule has 0 radical (unpaired) electrons. The first-order valence-electron chi connectivity index (χ1n) is 4.64. The normalized spacial score (nSPS) is 25.8. The Morgan fingerprint density at radius 2 is 2.00 bits per heavy atom. The van der Waals surface area contributed by atoms with Gasteiger partial charge in [0.1, 0.15) is 18.0 Å². The van der Waals surface area contributed by atoms with Gasteiger partial charge in [0, 0.05) is 5.56 Å². The topological polar surface area (TPSA) is 29.5 Å². The van der Waals surface area contributed by atoms with Crippen LogP contribution in [0.3, 0.4) is 0 Å². The van der Waals surface area contributed by atoms with Crippen molar-refractivity contribution < 1.29 is 9.84 Å². The van der Waals surface area contributed by atoms with E-state index in [1.54, 1.807) is 0 Å². The lowest BCUT2D eigenvalue weighted by Crippen LogP contribution is -2.24. The van der Waals surface area contributed by atoms with Gasteiger partial charge in [-0.1, -0.05) is 32.0 Å². The van der Waals surface area contributed by atoms with Crippen molar-refractivity contribution in [3.05, 3.63) is 29.8 Å². The number of hydrogen-bond acceptors (Lipinski definition) is 2. The molecule has 1 heterocycles. The van der Waals surface area contributed by atoms with E-state index in [0.29, 0.717) is 5.92 Å². The number of aliphatic hydroxyl groups excluding tert-OH is 1. The Balaban J connectivity index is 2.32. The average molecular weight is 178 g/mol. The van der Waals surface area contributed by atoms with Crippen molar-refractivity contribution >= 4 is 0 Å². The maximum atomic E-state index is 9.89. The van der Waals surface area contributed by atoms with Crippen LogP contribution in [0, 0.1) is 5.92 Å². The highest BCUT2D eigenvalue weighted by molar-refractivity contribution is 5.39. The third-order valence-electron chi connectivity index (χ3n) is 2.47. The van der Waals surface area contributed by atoms with E-state index in [1.165, 1.54) is 0 Å². The van der Waals surface area contributed by atoms with Gasteiger partial charge in [-0.3, -0.25) is 0 Å². The monoisotopic (exact) mass is 178 g/mol. The van der Waals surface area contributed by atoms with Crippen molar-refractivity contribution in [2.45, 2.75) is 26.1 Å². The molecule has 2 heteroatoms. The molecule has 2 rings (SSSR count). The molecule has 0 aliphatic carbocycles. The SMILES string of the molecule is CC(C)[C@H]1Oc2ccccc2[C@@H]1O. The lowest BCUT2D eigenvalue weighted by molar-refractivity contribution is 0.0383. The minimum atomic E-state index is -0.462. The maximum Gasteiger partial charge on any atom is 0.131 e. The van der Waals surface area contributed by atoms with Gasteiger partial charge in [-0.2, -0.15) is 0 Å². The van der Waals surface area contributed by atoms with Crippen molar-refractivity contribution in [1.82, 2.24) is 0 Å². The van der Waals surface area contributed by atoms with Crippen molar-refractivity contribution in [1.29, 1.82) is 0 Å². The van der Waals surface area contributed by atoms with E-state index in [9.17, 15) is 5.11 Å².